The first-order valence-electron chi connectivity index (χ1n) is 11.6. The average molecular weight is 507 g/mol. The lowest BCUT2D eigenvalue weighted by Gasteiger charge is -2.63. The first kappa shape index (κ1) is 24.2. The summed E-state index contributed by atoms with van der Waals surface area (Å²) in [5.41, 5.74) is -2.89. The van der Waals surface area contributed by atoms with E-state index in [2.05, 4.69) is 0 Å². The molecule has 6 fully saturated rings. The Morgan fingerprint density at radius 2 is 1.60 bits per heavy atom. The van der Waals surface area contributed by atoms with Gasteiger partial charge in [0, 0.05) is 11.5 Å². The van der Waals surface area contributed by atoms with Gasteiger partial charge < -0.3 is 15.0 Å². The summed E-state index contributed by atoms with van der Waals surface area (Å²) in [4.78, 5) is 38.7. The molecule has 1 aliphatic heterocycles. The van der Waals surface area contributed by atoms with Crippen LogP contribution in [-0.2, 0) is 19.1 Å². The van der Waals surface area contributed by atoms with Gasteiger partial charge in [-0.25, -0.2) is 4.79 Å². The van der Waals surface area contributed by atoms with Crippen molar-refractivity contribution in [2.24, 2.45) is 23.2 Å². The highest BCUT2D eigenvalue weighted by Gasteiger charge is 2.66. The minimum Gasteiger partial charge on any atom is -0.452 e. The molecule has 1 N–H and O–H groups in total. The van der Waals surface area contributed by atoms with Crippen LogP contribution in [-0.4, -0.2) is 58.8 Å². The van der Waals surface area contributed by atoms with Crippen LogP contribution in [0.1, 0.15) is 51.4 Å². The molecule has 0 radical (unpaired) electrons. The molecule has 5 aliphatic carbocycles. The maximum atomic E-state index is 13.7. The van der Waals surface area contributed by atoms with Crippen molar-refractivity contribution in [2.45, 2.75) is 87.4 Å². The van der Waals surface area contributed by atoms with Crippen molar-refractivity contribution < 1.29 is 45.5 Å². The molecule has 2 unspecified atom stereocenters. The number of halogens is 6. The van der Waals surface area contributed by atoms with Crippen molar-refractivity contribution >= 4 is 17.8 Å². The van der Waals surface area contributed by atoms with E-state index in [1.54, 1.807) is 0 Å². The van der Waals surface area contributed by atoms with Crippen LogP contribution in [0, 0.1) is 34.5 Å². The highest BCUT2D eigenvalue weighted by molar-refractivity contribution is 5.91. The van der Waals surface area contributed by atoms with Crippen LogP contribution in [0.4, 0.5) is 26.3 Å². The number of ether oxygens (including phenoxy) is 1. The van der Waals surface area contributed by atoms with Gasteiger partial charge in [0.25, 0.3) is 0 Å². The second-order valence-electron chi connectivity index (χ2n) is 11.0. The molecule has 13 heteroatoms. The van der Waals surface area contributed by atoms with Crippen molar-refractivity contribution in [2.75, 3.05) is 0 Å². The predicted octanol–water partition coefficient (Wildman–Crippen LogP) is 2.99. The summed E-state index contributed by atoms with van der Waals surface area (Å²) in [6.45, 7) is 0. The van der Waals surface area contributed by atoms with Gasteiger partial charge >= 0.3 is 24.2 Å². The third kappa shape index (κ3) is 4.02. The van der Waals surface area contributed by atoms with Gasteiger partial charge in [0.1, 0.15) is 17.7 Å². The summed E-state index contributed by atoms with van der Waals surface area (Å²) in [6.07, 6.45) is -8.54. The predicted molar refractivity (Wildman–Crippen MR) is 103 cm³/mol. The lowest BCUT2D eigenvalue weighted by atomic mass is 9.46. The molecule has 7 nitrogen and oxygen atoms in total. The second-order valence-corrected chi connectivity index (χ2v) is 11.0. The van der Waals surface area contributed by atoms with E-state index in [-0.39, 0.29) is 55.9 Å². The normalized spacial score (nSPS) is 40.0. The van der Waals surface area contributed by atoms with E-state index in [0.717, 1.165) is 0 Å². The molecule has 2 amide bonds. The van der Waals surface area contributed by atoms with Crippen LogP contribution in [0.15, 0.2) is 0 Å². The van der Waals surface area contributed by atoms with Gasteiger partial charge in [0.2, 0.25) is 5.91 Å². The molecule has 6 aliphatic rings. The number of alkyl halides is 6. The number of esters is 1. The van der Waals surface area contributed by atoms with Crippen LogP contribution < -0.4 is 5.32 Å². The fourth-order valence-corrected chi connectivity index (χ4v) is 7.69. The maximum Gasteiger partial charge on any atom is 0.490 e. The van der Waals surface area contributed by atoms with E-state index in [4.69, 9.17) is 4.74 Å². The topological polar surface area (TPSA) is 99.5 Å². The van der Waals surface area contributed by atoms with Crippen molar-refractivity contribution in [3.63, 3.8) is 0 Å². The number of hydrogen-bond donors (Lipinski definition) is 1. The highest BCUT2D eigenvalue weighted by Crippen LogP contribution is 2.64. The van der Waals surface area contributed by atoms with Crippen molar-refractivity contribution in [3.8, 4) is 6.07 Å². The fraction of sp³-hybridized carbons (Fsp3) is 0.818. The van der Waals surface area contributed by atoms with Crippen LogP contribution in [0.25, 0.3) is 0 Å². The number of hydrogen-bond acceptors (Lipinski definition) is 5. The summed E-state index contributed by atoms with van der Waals surface area (Å²) in [7, 11) is 0. The van der Waals surface area contributed by atoms with Crippen LogP contribution in [0.3, 0.4) is 0 Å². The number of rotatable bonds is 4. The zero-order valence-electron chi connectivity index (χ0n) is 18.4. The molecule has 192 valence electrons. The van der Waals surface area contributed by atoms with Gasteiger partial charge in [-0.2, -0.15) is 31.6 Å². The number of likely N-dealkylation sites (tertiary alicyclic amines) is 1. The zero-order valence-corrected chi connectivity index (χ0v) is 18.4. The molecule has 6 atom stereocenters. The Kier molecular flexibility index (Phi) is 5.18. The van der Waals surface area contributed by atoms with Gasteiger partial charge in [-0.15, -0.1) is 0 Å². The maximum absolute atomic E-state index is 13.7. The third-order valence-corrected chi connectivity index (χ3v) is 8.49. The van der Waals surface area contributed by atoms with Crippen LogP contribution in [0.2, 0.25) is 0 Å². The van der Waals surface area contributed by atoms with E-state index < -0.39 is 53.2 Å². The number of amides is 2. The Morgan fingerprint density at radius 3 is 2.14 bits per heavy atom. The number of fused-ring (bicyclic) bond motifs is 1. The molecule has 1 heterocycles. The highest BCUT2D eigenvalue weighted by atomic mass is 19.4. The van der Waals surface area contributed by atoms with Gasteiger partial charge in [0.05, 0.1) is 6.07 Å². The molecule has 0 spiro atoms. The zero-order chi connectivity index (χ0) is 25.6. The molecule has 35 heavy (non-hydrogen) atoms. The summed E-state index contributed by atoms with van der Waals surface area (Å²) in [5, 5.41) is 11.3. The van der Waals surface area contributed by atoms with E-state index >= 15 is 0 Å². The quantitative estimate of drug-likeness (QED) is 0.466. The minimum absolute atomic E-state index is 0.0676. The first-order valence-corrected chi connectivity index (χ1v) is 11.6. The monoisotopic (exact) mass is 507 g/mol. The van der Waals surface area contributed by atoms with Gasteiger partial charge in [-0.05, 0) is 69.1 Å². The Morgan fingerprint density at radius 1 is 0.971 bits per heavy atom. The van der Waals surface area contributed by atoms with Gasteiger partial charge in [0.15, 0.2) is 0 Å². The molecule has 6 rings (SSSR count). The smallest absolute Gasteiger partial charge is 0.452 e. The summed E-state index contributed by atoms with van der Waals surface area (Å²) < 4.78 is 83.7. The molecule has 0 aromatic heterocycles. The molecule has 4 bridgehead atoms. The van der Waals surface area contributed by atoms with E-state index in [0.29, 0.717) is 19.3 Å². The molecular weight excluding hydrogens is 484 g/mol. The SMILES string of the molecule is N#C[C@@H]1C[C@@H]2C[C@@H]2N1C(=O)[C@@H](NC(=O)C(F)(F)F)C12CC3CC(CC(OC(=O)C(F)(F)F)(C3)C1)C2. The largest absolute Gasteiger partial charge is 0.490 e. The number of piperidine rings is 1. The average Bonchev–Trinajstić information content (AvgIpc) is 3.38. The van der Waals surface area contributed by atoms with Gasteiger partial charge in [-0.1, -0.05) is 0 Å². The molecule has 1 saturated heterocycles. The Labute approximate surface area is 196 Å². The van der Waals surface area contributed by atoms with Crippen LogP contribution in [0.5, 0.6) is 0 Å². The van der Waals surface area contributed by atoms with Crippen molar-refractivity contribution in [1.29, 1.82) is 5.26 Å². The molecule has 0 aromatic carbocycles. The number of nitriles is 1. The Bertz CT molecular complexity index is 991. The molecule has 0 aromatic rings. The minimum atomic E-state index is -5.29. The summed E-state index contributed by atoms with van der Waals surface area (Å²) in [5.74, 6) is -5.99. The molecular formula is C22H23F6N3O4. The van der Waals surface area contributed by atoms with E-state index in [9.17, 15) is 46.0 Å². The Hall–Kier alpha value is -2.52. The fourth-order valence-electron chi connectivity index (χ4n) is 7.69. The number of carbonyl (C=O) groups excluding carboxylic acids is 3. The summed E-state index contributed by atoms with van der Waals surface area (Å²) >= 11 is 0. The van der Waals surface area contributed by atoms with E-state index in [1.165, 1.54) is 4.90 Å². The number of nitrogens with zero attached hydrogens (tertiary/aromatic N) is 2. The first-order chi connectivity index (χ1) is 16.2. The number of carbonyl (C=O) groups is 3. The number of nitrogens with one attached hydrogen (secondary N) is 1. The summed E-state index contributed by atoms with van der Waals surface area (Å²) in [6, 6.07) is -0.846. The van der Waals surface area contributed by atoms with E-state index in [1.807, 2.05) is 11.4 Å². The van der Waals surface area contributed by atoms with Crippen LogP contribution >= 0.6 is 0 Å². The standard InChI is InChI=1S/C22H23F6N3O4/c23-21(24,25)17(33)30-15(16(32)31-13(8-29)2-12-3-14(12)31)19-4-10-1-11(5-19)7-20(6-10,9-19)35-18(34)22(26,27)28/h10-15H,1-7,9H2,(H,30,33)/t10?,11?,12-,13+,14+,15-,19?,20?/m1/s1. The van der Waals surface area contributed by atoms with Crippen molar-refractivity contribution in [3.05, 3.63) is 0 Å². The second kappa shape index (κ2) is 7.49. The van der Waals surface area contributed by atoms with Gasteiger partial charge in [-0.3, -0.25) is 9.59 Å². The third-order valence-electron chi connectivity index (χ3n) is 8.49. The lowest BCUT2D eigenvalue weighted by Crippen LogP contribution is -2.68. The lowest BCUT2D eigenvalue weighted by molar-refractivity contribution is -0.241. The molecule has 5 saturated carbocycles. The van der Waals surface area contributed by atoms with Crippen molar-refractivity contribution in [1.82, 2.24) is 10.2 Å². The Balaban J connectivity index is 1.50.